The van der Waals surface area contributed by atoms with Gasteiger partial charge in [0, 0.05) is 26.2 Å². The van der Waals surface area contributed by atoms with E-state index in [4.69, 9.17) is 25.8 Å². The lowest BCUT2D eigenvalue weighted by molar-refractivity contribution is 0.0802. The topological polar surface area (TPSA) is 53.5 Å². The first-order chi connectivity index (χ1) is 9.69. The number of ether oxygens (including phenoxy) is 3. The van der Waals surface area contributed by atoms with Crippen LogP contribution in [0.1, 0.15) is 37.7 Å². The molecule has 1 rings (SSSR count). The Hall–Kier alpha value is -0.910. The zero-order valence-electron chi connectivity index (χ0n) is 12.4. The minimum absolute atomic E-state index is 0.273. The smallest absolute Gasteiger partial charge is 0.160 e. The summed E-state index contributed by atoms with van der Waals surface area (Å²) in [6.45, 7) is 6.45. The first-order valence-electron chi connectivity index (χ1n) is 6.80. The van der Waals surface area contributed by atoms with Gasteiger partial charge in [0.1, 0.15) is 18.1 Å². The lowest BCUT2D eigenvalue weighted by Gasteiger charge is -2.11. The molecule has 0 aromatic carbocycles. The molecule has 0 radical (unpaired) electrons. The third kappa shape index (κ3) is 6.03. The summed E-state index contributed by atoms with van der Waals surface area (Å²) in [6.07, 6.45) is 2.57. The number of aromatic nitrogens is 2. The summed E-state index contributed by atoms with van der Waals surface area (Å²) >= 11 is 5.89. The van der Waals surface area contributed by atoms with Crippen molar-refractivity contribution in [3.8, 4) is 5.75 Å². The summed E-state index contributed by atoms with van der Waals surface area (Å²) in [4.78, 5) is 8.68. The largest absolute Gasteiger partial charge is 0.488 e. The lowest BCUT2D eigenvalue weighted by Crippen LogP contribution is -2.11. The van der Waals surface area contributed by atoms with E-state index in [0.29, 0.717) is 38.1 Å². The quantitative estimate of drug-likeness (QED) is 0.491. The van der Waals surface area contributed by atoms with Crippen LogP contribution in [0.4, 0.5) is 0 Å². The molecule has 0 amide bonds. The SMILES string of the molecule is COCCCOCCOc1cnc(C(C)C)nc1CCl. The number of hydrogen-bond donors (Lipinski definition) is 0. The molecule has 0 aliphatic rings. The van der Waals surface area contributed by atoms with Gasteiger partial charge in [0.05, 0.1) is 18.7 Å². The predicted molar refractivity (Wildman–Crippen MR) is 78.5 cm³/mol. The summed E-state index contributed by atoms with van der Waals surface area (Å²) in [7, 11) is 1.68. The Bertz CT molecular complexity index is 389. The van der Waals surface area contributed by atoms with Crippen molar-refractivity contribution in [2.24, 2.45) is 0 Å². The molecule has 1 heterocycles. The number of alkyl halides is 1. The highest BCUT2D eigenvalue weighted by Gasteiger charge is 2.09. The minimum Gasteiger partial charge on any atom is -0.488 e. The van der Waals surface area contributed by atoms with E-state index in [2.05, 4.69) is 9.97 Å². The van der Waals surface area contributed by atoms with Gasteiger partial charge in [-0.1, -0.05) is 13.8 Å². The highest BCUT2D eigenvalue weighted by Crippen LogP contribution is 2.19. The fourth-order valence-electron chi connectivity index (χ4n) is 1.53. The van der Waals surface area contributed by atoms with E-state index < -0.39 is 0 Å². The Morgan fingerprint density at radius 2 is 2.00 bits per heavy atom. The van der Waals surface area contributed by atoms with Crippen LogP contribution >= 0.6 is 11.6 Å². The van der Waals surface area contributed by atoms with Crippen LogP contribution in [0.25, 0.3) is 0 Å². The van der Waals surface area contributed by atoms with Gasteiger partial charge in [-0.3, -0.25) is 0 Å². The lowest BCUT2D eigenvalue weighted by atomic mass is 10.2. The van der Waals surface area contributed by atoms with Crippen molar-refractivity contribution in [1.29, 1.82) is 0 Å². The molecule has 0 saturated heterocycles. The molecule has 0 saturated carbocycles. The maximum absolute atomic E-state index is 5.89. The maximum atomic E-state index is 5.89. The molecule has 114 valence electrons. The monoisotopic (exact) mass is 302 g/mol. The maximum Gasteiger partial charge on any atom is 0.160 e. The summed E-state index contributed by atoms with van der Waals surface area (Å²) in [5.74, 6) is 2.00. The second-order valence-electron chi connectivity index (χ2n) is 4.63. The standard InChI is InChI=1S/C14H23ClN2O3/c1-11(2)14-16-10-13(12(9-15)17-14)20-8-7-19-6-4-5-18-3/h10-11H,4-9H2,1-3H3. The average molecular weight is 303 g/mol. The van der Waals surface area contributed by atoms with Gasteiger partial charge in [-0.25, -0.2) is 9.97 Å². The van der Waals surface area contributed by atoms with Gasteiger partial charge in [0.2, 0.25) is 0 Å². The number of rotatable bonds is 10. The predicted octanol–water partition coefficient (Wildman–Crippen LogP) is 2.77. The second-order valence-corrected chi connectivity index (χ2v) is 4.90. The zero-order chi connectivity index (χ0) is 14.8. The molecule has 1 aromatic heterocycles. The molecule has 0 atom stereocenters. The van der Waals surface area contributed by atoms with Crippen molar-refractivity contribution in [1.82, 2.24) is 9.97 Å². The molecule has 0 unspecified atom stereocenters. The van der Waals surface area contributed by atoms with Crippen molar-refractivity contribution >= 4 is 11.6 Å². The first-order valence-corrected chi connectivity index (χ1v) is 7.33. The van der Waals surface area contributed by atoms with E-state index in [1.54, 1.807) is 13.3 Å². The molecular weight excluding hydrogens is 280 g/mol. The fraction of sp³-hybridized carbons (Fsp3) is 0.714. The molecule has 6 heteroatoms. The highest BCUT2D eigenvalue weighted by molar-refractivity contribution is 6.17. The summed E-state index contributed by atoms with van der Waals surface area (Å²) in [6, 6.07) is 0. The van der Waals surface area contributed by atoms with Crippen LogP contribution in [0.5, 0.6) is 5.75 Å². The van der Waals surface area contributed by atoms with Gasteiger partial charge >= 0.3 is 0 Å². The van der Waals surface area contributed by atoms with Crippen LogP contribution in [0.15, 0.2) is 6.20 Å². The Morgan fingerprint density at radius 1 is 1.20 bits per heavy atom. The number of methoxy groups -OCH3 is 1. The van der Waals surface area contributed by atoms with Gasteiger partial charge in [-0.05, 0) is 6.42 Å². The van der Waals surface area contributed by atoms with Crippen LogP contribution in [-0.4, -0.2) is 43.5 Å². The highest BCUT2D eigenvalue weighted by atomic mass is 35.5. The van der Waals surface area contributed by atoms with Crippen molar-refractivity contribution in [3.05, 3.63) is 17.7 Å². The van der Waals surface area contributed by atoms with Gasteiger partial charge in [0.25, 0.3) is 0 Å². The van der Waals surface area contributed by atoms with E-state index in [1.807, 2.05) is 13.8 Å². The third-order valence-corrected chi connectivity index (χ3v) is 2.87. The molecule has 0 N–H and O–H groups in total. The van der Waals surface area contributed by atoms with Crippen LogP contribution in [0.3, 0.4) is 0 Å². The molecule has 0 spiro atoms. The van der Waals surface area contributed by atoms with Crippen molar-refractivity contribution < 1.29 is 14.2 Å². The Labute approximate surface area is 125 Å². The normalized spacial score (nSPS) is 11.1. The molecule has 1 aromatic rings. The van der Waals surface area contributed by atoms with Gasteiger partial charge < -0.3 is 14.2 Å². The van der Waals surface area contributed by atoms with Crippen LogP contribution in [0.2, 0.25) is 0 Å². The molecule has 0 fully saturated rings. The fourth-order valence-corrected chi connectivity index (χ4v) is 1.73. The molecule has 0 aliphatic carbocycles. The molecule has 0 bridgehead atoms. The number of hydrogen-bond acceptors (Lipinski definition) is 5. The molecule has 0 aliphatic heterocycles. The minimum atomic E-state index is 0.273. The first kappa shape index (κ1) is 17.1. The van der Waals surface area contributed by atoms with Gasteiger partial charge in [-0.15, -0.1) is 11.6 Å². The Balaban J connectivity index is 2.36. The summed E-state index contributed by atoms with van der Waals surface area (Å²) in [5.41, 5.74) is 0.727. The van der Waals surface area contributed by atoms with Crippen LogP contribution < -0.4 is 4.74 Å². The van der Waals surface area contributed by atoms with Gasteiger partial charge in [0.15, 0.2) is 5.75 Å². The van der Waals surface area contributed by atoms with E-state index in [-0.39, 0.29) is 5.92 Å². The van der Waals surface area contributed by atoms with E-state index in [9.17, 15) is 0 Å². The van der Waals surface area contributed by atoms with Gasteiger partial charge in [-0.2, -0.15) is 0 Å². The van der Waals surface area contributed by atoms with E-state index >= 15 is 0 Å². The molecule has 5 nitrogen and oxygen atoms in total. The zero-order valence-corrected chi connectivity index (χ0v) is 13.2. The summed E-state index contributed by atoms with van der Waals surface area (Å²) < 4.78 is 16.0. The average Bonchev–Trinajstić information content (AvgIpc) is 2.46. The molecule has 20 heavy (non-hydrogen) atoms. The third-order valence-electron chi connectivity index (χ3n) is 2.61. The van der Waals surface area contributed by atoms with Crippen molar-refractivity contribution in [2.45, 2.75) is 32.1 Å². The Morgan fingerprint density at radius 3 is 2.65 bits per heavy atom. The van der Waals surface area contributed by atoms with E-state index in [0.717, 1.165) is 17.9 Å². The van der Waals surface area contributed by atoms with Crippen LogP contribution in [-0.2, 0) is 15.4 Å². The van der Waals surface area contributed by atoms with E-state index in [1.165, 1.54) is 0 Å². The van der Waals surface area contributed by atoms with Crippen molar-refractivity contribution in [3.63, 3.8) is 0 Å². The number of nitrogens with zero attached hydrogens (tertiary/aromatic N) is 2. The Kier molecular flexibility index (Phi) is 8.49. The van der Waals surface area contributed by atoms with Crippen molar-refractivity contribution in [2.75, 3.05) is 33.5 Å². The summed E-state index contributed by atoms with van der Waals surface area (Å²) in [5, 5.41) is 0. The molecular formula is C14H23ClN2O3. The number of halogens is 1. The second kappa shape index (κ2) is 9.91. The van der Waals surface area contributed by atoms with Crippen LogP contribution in [0, 0.1) is 0 Å².